The summed E-state index contributed by atoms with van der Waals surface area (Å²) in [5, 5.41) is 11.7. The lowest BCUT2D eigenvalue weighted by atomic mass is 10.1. The number of carbonyl (C=O) groups is 2. The second-order valence-corrected chi connectivity index (χ2v) is 4.71. The minimum absolute atomic E-state index is 0.0647. The van der Waals surface area contributed by atoms with Crippen LogP contribution >= 0.6 is 11.6 Å². The van der Waals surface area contributed by atoms with Crippen LogP contribution in [0.1, 0.15) is 32.0 Å². The lowest BCUT2D eigenvalue weighted by Crippen LogP contribution is -2.14. The number of nitrogens with one attached hydrogen (secondary N) is 1. The summed E-state index contributed by atoms with van der Waals surface area (Å²) in [7, 11) is 0. The van der Waals surface area contributed by atoms with Gasteiger partial charge in [-0.05, 0) is 32.0 Å². The molecule has 2 aromatic rings. The first-order valence-corrected chi connectivity index (χ1v) is 6.17. The summed E-state index contributed by atoms with van der Waals surface area (Å²) in [5.41, 5.74) is 1.45. The molecule has 0 bridgehead atoms. The minimum Gasteiger partial charge on any atom is -0.478 e. The molecule has 2 N–H and O–H groups in total. The molecule has 1 amide bonds. The van der Waals surface area contributed by atoms with Gasteiger partial charge in [0.2, 0.25) is 0 Å². The van der Waals surface area contributed by atoms with E-state index in [1.807, 2.05) is 0 Å². The molecule has 0 saturated carbocycles. The molecular formula is C14H12ClNO4. The maximum Gasteiger partial charge on any atom is 0.337 e. The van der Waals surface area contributed by atoms with Crippen molar-refractivity contribution >= 4 is 29.2 Å². The smallest absolute Gasteiger partial charge is 0.337 e. The van der Waals surface area contributed by atoms with Crippen molar-refractivity contribution in [1.29, 1.82) is 0 Å². The number of amides is 1. The maximum absolute atomic E-state index is 12.1. The van der Waals surface area contributed by atoms with Gasteiger partial charge in [-0.1, -0.05) is 11.6 Å². The van der Waals surface area contributed by atoms with Crippen molar-refractivity contribution in [2.45, 2.75) is 13.8 Å². The Labute approximate surface area is 120 Å². The van der Waals surface area contributed by atoms with Crippen molar-refractivity contribution in [3.8, 4) is 0 Å². The molecule has 0 spiro atoms. The molecule has 0 unspecified atom stereocenters. The number of anilines is 1. The first kappa shape index (κ1) is 14.1. The number of carboxylic acid groups (broad SMARTS) is 1. The Morgan fingerprint density at radius 2 is 2.00 bits per heavy atom. The zero-order valence-corrected chi connectivity index (χ0v) is 11.6. The highest BCUT2D eigenvalue weighted by Gasteiger charge is 2.17. The summed E-state index contributed by atoms with van der Waals surface area (Å²) >= 11 is 5.77. The Kier molecular flexibility index (Phi) is 3.81. The number of rotatable bonds is 3. The number of hydrogen-bond acceptors (Lipinski definition) is 3. The standard InChI is InChI=1S/C14H12ClNO4/c1-7-6-20-8(2)12(7)13(17)16-9-3-4-11(15)10(5-9)14(18)19/h3-6H,1-2H3,(H,16,17)(H,18,19). The van der Waals surface area contributed by atoms with Gasteiger partial charge in [-0.3, -0.25) is 4.79 Å². The minimum atomic E-state index is -1.15. The zero-order valence-electron chi connectivity index (χ0n) is 10.9. The highest BCUT2D eigenvalue weighted by Crippen LogP contribution is 2.22. The van der Waals surface area contributed by atoms with Gasteiger partial charge < -0.3 is 14.8 Å². The topological polar surface area (TPSA) is 79.5 Å². The largest absolute Gasteiger partial charge is 0.478 e. The molecule has 1 aromatic carbocycles. The Balaban J connectivity index is 2.29. The normalized spacial score (nSPS) is 10.3. The van der Waals surface area contributed by atoms with Crippen LogP contribution in [-0.2, 0) is 0 Å². The van der Waals surface area contributed by atoms with Gasteiger partial charge in [0, 0.05) is 11.3 Å². The number of carbonyl (C=O) groups excluding carboxylic acids is 1. The van der Waals surface area contributed by atoms with Crippen LogP contribution < -0.4 is 5.32 Å². The van der Waals surface area contributed by atoms with Crippen LogP contribution in [0.2, 0.25) is 5.02 Å². The van der Waals surface area contributed by atoms with Crippen LogP contribution in [0.4, 0.5) is 5.69 Å². The number of furan rings is 1. The van der Waals surface area contributed by atoms with Crippen LogP contribution in [0.25, 0.3) is 0 Å². The molecule has 0 saturated heterocycles. The summed E-state index contributed by atoms with van der Waals surface area (Å²) < 4.78 is 5.16. The average Bonchev–Trinajstić information content (AvgIpc) is 2.71. The van der Waals surface area contributed by atoms with Gasteiger partial charge in [0.1, 0.15) is 5.76 Å². The number of aryl methyl sites for hydroxylation is 2. The third-order valence-electron chi connectivity index (χ3n) is 2.84. The van der Waals surface area contributed by atoms with Gasteiger partial charge in [0.05, 0.1) is 22.4 Å². The fourth-order valence-corrected chi connectivity index (χ4v) is 2.07. The molecule has 104 valence electrons. The van der Waals surface area contributed by atoms with Crippen molar-refractivity contribution < 1.29 is 19.1 Å². The van der Waals surface area contributed by atoms with Crippen LogP contribution in [0.15, 0.2) is 28.9 Å². The molecule has 0 aliphatic heterocycles. The number of hydrogen-bond donors (Lipinski definition) is 2. The van der Waals surface area contributed by atoms with Crippen molar-refractivity contribution in [3.63, 3.8) is 0 Å². The molecule has 0 aliphatic rings. The number of benzene rings is 1. The van der Waals surface area contributed by atoms with Crippen LogP contribution in [-0.4, -0.2) is 17.0 Å². The molecule has 1 heterocycles. The van der Waals surface area contributed by atoms with E-state index in [0.29, 0.717) is 22.6 Å². The third-order valence-corrected chi connectivity index (χ3v) is 3.17. The van der Waals surface area contributed by atoms with Crippen molar-refractivity contribution in [2.24, 2.45) is 0 Å². The Morgan fingerprint density at radius 1 is 1.30 bits per heavy atom. The number of halogens is 1. The Bertz CT molecular complexity index is 671. The lowest BCUT2D eigenvalue weighted by Gasteiger charge is -2.07. The summed E-state index contributed by atoms with van der Waals surface area (Å²) in [5.74, 6) is -0.999. The predicted octanol–water partition coefficient (Wildman–Crippen LogP) is 3.50. The predicted molar refractivity (Wildman–Crippen MR) is 74.5 cm³/mol. The van der Waals surface area contributed by atoms with Crippen molar-refractivity contribution in [2.75, 3.05) is 5.32 Å². The van der Waals surface area contributed by atoms with Gasteiger partial charge in [-0.25, -0.2) is 4.79 Å². The van der Waals surface area contributed by atoms with E-state index in [0.717, 1.165) is 0 Å². The molecule has 0 atom stereocenters. The van der Waals surface area contributed by atoms with E-state index < -0.39 is 5.97 Å². The first-order valence-electron chi connectivity index (χ1n) is 5.79. The zero-order chi connectivity index (χ0) is 14.9. The highest BCUT2D eigenvalue weighted by molar-refractivity contribution is 6.33. The lowest BCUT2D eigenvalue weighted by molar-refractivity contribution is 0.0696. The molecule has 1 aromatic heterocycles. The summed E-state index contributed by atoms with van der Waals surface area (Å²) in [4.78, 5) is 23.1. The van der Waals surface area contributed by atoms with Crippen LogP contribution in [0.3, 0.4) is 0 Å². The molecule has 20 heavy (non-hydrogen) atoms. The van der Waals surface area contributed by atoms with Gasteiger partial charge in [-0.2, -0.15) is 0 Å². The van der Waals surface area contributed by atoms with Crippen LogP contribution in [0.5, 0.6) is 0 Å². The number of carboxylic acids is 1. The Morgan fingerprint density at radius 3 is 2.55 bits per heavy atom. The Hall–Kier alpha value is -2.27. The van der Waals surface area contributed by atoms with Gasteiger partial charge in [-0.15, -0.1) is 0 Å². The first-order chi connectivity index (χ1) is 9.40. The SMILES string of the molecule is Cc1coc(C)c1C(=O)Nc1ccc(Cl)c(C(=O)O)c1. The molecular weight excluding hydrogens is 282 g/mol. The van der Waals surface area contributed by atoms with E-state index >= 15 is 0 Å². The average molecular weight is 294 g/mol. The third kappa shape index (κ3) is 2.67. The second-order valence-electron chi connectivity index (χ2n) is 4.30. The van der Waals surface area contributed by atoms with E-state index in [2.05, 4.69) is 5.32 Å². The van der Waals surface area contributed by atoms with Gasteiger partial charge in [0.15, 0.2) is 0 Å². The van der Waals surface area contributed by atoms with E-state index in [4.69, 9.17) is 21.1 Å². The second kappa shape index (κ2) is 5.38. The van der Waals surface area contributed by atoms with Gasteiger partial charge in [0.25, 0.3) is 5.91 Å². The quantitative estimate of drug-likeness (QED) is 0.907. The van der Waals surface area contributed by atoms with Crippen molar-refractivity contribution in [1.82, 2.24) is 0 Å². The maximum atomic E-state index is 12.1. The molecule has 0 fully saturated rings. The molecule has 0 aliphatic carbocycles. The van der Waals surface area contributed by atoms with Crippen LogP contribution in [0, 0.1) is 13.8 Å². The summed E-state index contributed by atoms with van der Waals surface area (Å²) in [6.07, 6.45) is 1.49. The monoisotopic (exact) mass is 293 g/mol. The number of aromatic carboxylic acids is 1. The van der Waals surface area contributed by atoms with E-state index in [-0.39, 0.29) is 16.5 Å². The van der Waals surface area contributed by atoms with E-state index in [1.165, 1.54) is 24.5 Å². The molecule has 0 radical (unpaired) electrons. The van der Waals surface area contributed by atoms with Gasteiger partial charge >= 0.3 is 5.97 Å². The fraction of sp³-hybridized carbons (Fsp3) is 0.143. The summed E-state index contributed by atoms with van der Waals surface area (Å²) in [6, 6.07) is 4.28. The molecule has 5 nitrogen and oxygen atoms in total. The highest BCUT2D eigenvalue weighted by atomic mass is 35.5. The molecule has 2 rings (SSSR count). The molecule has 6 heteroatoms. The summed E-state index contributed by atoms with van der Waals surface area (Å²) in [6.45, 7) is 3.45. The van der Waals surface area contributed by atoms with E-state index in [9.17, 15) is 9.59 Å². The van der Waals surface area contributed by atoms with E-state index in [1.54, 1.807) is 13.8 Å². The van der Waals surface area contributed by atoms with Crippen molar-refractivity contribution in [3.05, 3.63) is 51.9 Å². The fourth-order valence-electron chi connectivity index (χ4n) is 1.87.